The van der Waals surface area contributed by atoms with Gasteiger partial charge in [0, 0.05) is 25.7 Å². The van der Waals surface area contributed by atoms with Crippen LogP contribution in [0.15, 0.2) is 0 Å². The molecular weight excluding hydrogens is 234 g/mol. The summed E-state index contributed by atoms with van der Waals surface area (Å²) in [6.45, 7) is 1.50. The van der Waals surface area contributed by atoms with Crippen molar-refractivity contribution in [2.45, 2.75) is 38.1 Å². The lowest BCUT2D eigenvalue weighted by Crippen LogP contribution is -2.53. The molecule has 1 saturated heterocycles. The zero-order valence-electron chi connectivity index (χ0n) is 10.5. The van der Waals surface area contributed by atoms with Gasteiger partial charge in [0.05, 0.1) is 5.41 Å². The Kier molecular flexibility index (Phi) is 3.75. The average Bonchev–Trinajstić information content (AvgIpc) is 2.26. The van der Waals surface area contributed by atoms with Crippen LogP contribution in [0.2, 0.25) is 0 Å². The standard InChI is InChI=1S/C12H21N3O3/c13-9-3-1-6-15(7-9)11(18)14-8-12(10(16)17)4-2-5-12/h9H,1-8,13H2,(H,14,18)(H,16,17). The van der Waals surface area contributed by atoms with E-state index in [0.29, 0.717) is 25.9 Å². The number of hydrogen-bond acceptors (Lipinski definition) is 3. The molecule has 0 aromatic rings. The average molecular weight is 255 g/mol. The molecule has 1 unspecified atom stereocenters. The molecule has 0 aromatic heterocycles. The fourth-order valence-electron chi connectivity index (χ4n) is 2.62. The molecule has 2 amide bonds. The van der Waals surface area contributed by atoms with Gasteiger partial charge in [-0.1, -0.05) is 6.42 Å². The van der Waals surface area contributed by atoms with Gasteiger partial charge in [0.15, 0.2) is 0 Å². The van der Waals surface area contributed by atoms with E-state index in [-0.39, 0.29) is 18.6 Å². The van der Waals surface area contributed by atoms with Crippen molar-refractivity contribution in [2.75, 3.05) is 19.6 Å². The summed E-state index contributed by atoms with van der Waals surface area (Å²) in [7, 11) is 0. The van der Waals surface area contributed by atoms with Crippen LogP contribution in [-0.2, 0) is 4.79 Å². The fraction of sp³-hybridized carbons (Fsp3) is 0.833. The largest absolute Gasteiger partial charge is 0.481 e. The van der Waals surface area contributed by atoms with E-state index in [9.17, 15) is 9.59 Å². The Morgan fingerprint density at radius 2 is 2.11 bits per heavy atom. The Hall–Kier alpha value is -1.30. The molecule has 1 aliphatic carbocycles. The summed E-state index contributed by atoms with van der Waals surface area (Å²) < 4.78 is 0. The molecule has 2 rings (SSSR count). The quantitative estimate of drug-likeness (QED) is 0.679. The third-order valence-electron chi connectivity index (χ3n) is 4.09. The monoisotopic (exact) mass is 255 g/mol. The highest BCUT2D eigenvalue weighted by Crippen LogP contribution is 2.40. The lowest BCUT2D eigenvalue weighted by molar-refractivity contribution is -0.153. The van der Waals surface area contributed by atoms with Gasteiger partial charge in [0.2, 0.25) is 0 Å². The molecule has 4 N–H and O–H groups in total. The summed E-state index contributed by atoms with van der Waals surface area (Å²) in [6, 6.07) is -0.140. The van der Waals surface area contributed by atoms with Gasteiger partial charge in [-0.25, -0.2) is 4.79 Å². The molecule has 1 saturated carbocycles. The van der Waals surface area contributed by atoms with Crippen LogP contribution in [0.3, 0.4) is 0 Å². The van der Waals surface area contributed by atoms with Crippen LogP contribution >= 0.6 is 0 Å². The Labute approximate surface area is 107 Å². The maximum Gasteiger partial charge on any atom is 0.317 e. The van der Waals surface area contributed by atoms with Crippen LogP contribution in [0.1, 0.15) is 32.1 Å². The van der Waals surface area contributed by atoms with Gasteiger partial charge in [-0.05, 0) is 25.7 Å². The Morgan fingerprint density at radius 3 is 2.61 bits per heavy atom. The van der Waals surface area contributed by atoms with E-state index in [1.807, 2.05) is 0 Å². The van der Waals surface area contributed by atoms with E-state index in [1.165, 1.54) is 0 Å². The van der Waals surface area contributed by atoms with Crippen molar-refractivity contribution >= 4 is 12.0 Å². The molecule has 6 heteroatoms. The summed E-state index contributed by atoms with van der Waals surface area (Å²) in [5.74, 6) is -0.801. The Bertz CT molecular complexity index is 341. The van der Waals surface area contributed by atoms with Crippen molar-refractivity contribution in [1.29, 1.82) is 0 Å². The highest BCUT2D eigenvalue weighted by atomic mass is 16.4. The topological polar surface area (TPSA) is 95.7 Å². The van der Waals surface area contributed by atoms with E-state index in [1.54, 1.807) is 4.90 Å². The lowest BCUT2D eigenvalue weighted by atomic mass is 9.69. The number of urea groups is 1. The minimum Gasteiger partial charge on any atom is -0.481 e. The van der Waals surface area contributed by atoms with Gasteiger partial charge >= 0.3 is 12.0 Å². The van der Waals surface area contributed by atoms with E-state index in [4.69, 9.17) is 10.8 Å². The highest BCUT2D eigenvalue weighted by molar-refractivity contribution is 5.79. The van der Waals surface area contributed by atoms with Gasteiger partial charge in [-0.2, -0.15) is 0 Å². The minimum absolute atomic E-state index is 0.0432. The molecular formula is C12H21N3O3. The van der Waals surface area contributed by atoms with Crippen molar-refractivity contribution in [1.82, 2.24) is 10.2 Å². The third kappa shape index (κ3) is 2.58. The molecule has 0 spiro atoms. The number of amides is 2. The zero-order valence-corrected chi connectivity index (χ0v) is 10.5. The second-order valence-electron chi connectivity index (χ2n) is 5.45. The molecule has 2 aliphatic rings. The Balaban J connectivity index is 1.82. The van der Waals surface area contributed by atoms with E-state index < -0.39 is 11.4 Å². The summed E-state index contributed by atoms with van der Waals surface area (Å²) in [6.07, 6.45) is 4.10. The maximum atomic E-state index is 11.9. The zero-order chi connectivity index (χ0) is 13.2. The van der Waals surface area contributed by atoms with Crippen LogP contribution in [0.4, 0.5) is 4.79 Å². The first kappa shape index (κ1) is 13.1. The fourth-order valence-corrected chi connectivity index (χ4v) is 2.62. The first-order chi connectivity index (χ1) is 8.53. The van der Waals surface area contributed by atoms with E-state index >= 15 is 0 Å². The number of carboxylic acid groups (broad SMARTS) is 1. The molecule has 0 aromatic carbocycles. The maximum absolute atomic E-state index is 11.9. The predicted octanol–water partition coefficient (Wildman–Crippen LogP) is 0.374. The molecule has 2 fully saturated rings. The van der Waals surface area contributed by atoms with Crippen LogP contribution in [0.5, 0.6) is 0 Å². The number of likely N-dealkylation sites (tertiary alicyclic amines) is 1. The smallest absolute Gasteiger partial charge is 0.317 e. The summed E-state index contributed by atoms with van der Waals surface area (Å²) in [5.41, 5.74) is 5.09. The molecule has 18 heavy (non-hydrogen) atoms. The SMILES string of the molecule is NC1CCCN(C(=O)NCC2(C(=O)O)CCC2)C1. The molecule has 0 radical (unpaired) electrons. The highest BCUT2D eigenvalue weighted by Gasteiger charge is 2.44. The number of piperidine rings is 1. The number of nitrogens with zero attached hydrogens (tertiary/aromatic N) is 1. The summed E-state index contributed by atoms with van der Waals surface area (Å²) in [5, 5.41) is 11.9. The van der Waals surface area contributed by atoms with Crippen molar-refractivity contribution < 1.29 is 14.7 Å². The molecule has 0 bridgehead atoms. The van der Waals surface area contributed by atoms with Crippen molar-refractivity contribution in [3.05, 3.63) is 0 Å². The number of rotatable bonds is 3. The van der Waals surface area contributed by atoms with Gasteiger partial charge in [-0.15, -0.1) is 0 Å². The second kappa shape index (κ2) is 5.14. The number of aliphatic carboxylic acids is 1. The van der Waals surface area contributed by atoms with Crippen molar-refractivity contribution in [3.63, 3.8) is 0 Å². The number of carboxylic acids is 1. The van der Waals surface area contributed by atoms with Gasteiger partial charge < -0.3 is 21.1 Å². The predicted molar refractivity (Wildman–Crippen MR) is 66.1 cm³/mol. The van der Waals surface area contributed by atoms with Crippen molar-refractivity contribution in [2.24, 2.45) is 11.1 Å². The van der Waals surface area contributed by atoms with Crippen LogP contribution in [0, 0.1) is 5.41 Å². The Morgan fingerprint density at radius 1 is 1.39 bits per heavy atom. The molecule has 1 heterocycles. The van der Waals surface area contributed by atoms with Gasteiger partial charge in [-0.3, -0.25) is 4.79 Å². The first-order valence-corrected chi connectivity index (χ1v) is 6.55. The van der Waals surface area contributed by atoms with Crippen LogP contribution in [-0.4, -0.2) is 47.7 Å². The number of carbonyl (C=O) groups is 2. The molecule has 1 aliphatic heterocycles. The normalized spacial score (nSPS) is 26.3. The number of nitrogens with one attached hydrogen (secondary N) is 1. The number of carbonyl (C=O) groups excluding carboxylic acids is 1. The first-order valence-electron chi connectivity index (χ1n) is 6.55. The van der Waals surface area contributed by atoms with Crippen LogP contribution < -0.4 is 11.1 Å². The summed E-state index contributed by atoms with van der Waals surface area (Å²) in [4.78, 5) is 24.8. The third-order valence-corrected chi connectivity index (χ3v) is 4.09. The molecule has 102 valence electrons. The van der Waals surface area contributed by atoms with Crippen molar-refractivity contribution in [3.8, 4) is 0 Å². The number of hydrogen-bond donors (Lipinski definition) is 3. The van der Waals surface area contributed by atoms with Gasteiger partial charge in [0.1, 0.15) is 0 Å². The molecule has 6 nitrogen and oxygen atoms in total. The van der Waals surface area contributed by atoms with E-state index in [2.05, 4.69) is 5.32 Å². The number of nitrogens with two attached hydrogens (primary N) is 1. The summed E-state index contributed by atoms with van der Waals surface area (Å²) >= 11 is 0. The minimum atomic E-state index is -0.801. The van der Waals surface area contributed by atoms with E-state index in [0.717, 1.165) is 19.3 Å². The van der Waals surface area contributed by atoms with Crippen LogP contribution in [0.25, 0.3) is 0 Å². The second-order valence-corrected chi connectivity index (χ2v) is 5.45. The van der Waals surface area contributed by atoms with Gasteiger partial charge in [0.25, 0.3) is 0 Å². The molecule has 1 atom stereocenters. The lowest BCUT2D eigenvalue weighted by Gasteiger charge is -2.38.